The third-order valence-electron chi connectivity index (χ3n) is 2.31. The fraction of sp³-hybridized carbons (Fsp3) is 0.182. The summed E-state index contributed by atoms with van der Waals surface area (Å²) in [5, 5.41) is 3.04. The summed E-state index contributed by atoms with van der Waals surface area (Å²) >= 11 is 1.62. The molecule has 0 amide bonds. The molecular formula is C11H11NOS. The van der Waals surface area contributed by atoms with Gasteiger partial charge in [0.25, 0.3) is 0 Å². The number of carbonyl (C=O) groups excluding carboxylic acids is 1. The highest BCUT2D eigenvalue weighted by atomic mass is 32.1. The molecule has 2 nitrogen and oxygen atoms in total. The second-order valence-electron chi connectivity index (χ2n) is 3.55. The van der Waals surface area contributed by atoms with Gasteiger partial charge in [0.05, 0.1) is 5.54 Å². The summed E-state index contributed by atoms with van der Waals surface area (Å²) in [7, 11) is 0. The molecule has 1 aromatic heterocycles. The van der Waals surface area contributed by atoms with Crippen molar-refractivity contribution < 1.29 is 4.79 Å². The van der Waals surface area contributed by atoms with Crippen LogP contribution in [0.2, 0.25) is 0 Å². The van der Waals surface area contributed by atoms with Crippen molar-refractivity contribution in [2.45, 2.75) is 12.5 Å². The zero-order valence-electron chi connectivity index (χ0n) is 7.86. The predicted molar refractivity (Wildman–Crippen MR) is 59.4 cm³/mol. The van der Waals surface area contributed by atoms with Crippen molar-refractivity contribution >= 4 is 27.7 Å². The third kappa shape index (κ3) is 1.35. The van der Waals surface area contributed by atoms with E-state index in [2.05, 4.69) is 0 Å². The van der Waals surface area contributed by atoms with Gasteiger partial charge in [-0.05, 0) is 29.3 Å². The lowest BCUT2D eigenvalue weighted by Gasteiger charge is -2.15. The number of rotatable bonds is 2. The molecule has 2 aromatic rings. The van der Waals surface area contributed by atoms with Crippen molar-refractivity contribution in [1.82, 2.24) is 0 Å². The molecule has 0 radical (unpaired) electrons. The van der Waals surface area contributed by atoms with Gasteiger partial charge in [0, 0.05) is 4.70 Å². The Bertz CT molecular complexity index is 473. The molecule has 0 aliphatic rings. The third-order valence-corrected chi connectivity index (χ3v) is 3.27. The number of benzene rings is 1. The first-order valence-electron chi connectivity index (χ1n) is 4.37. The number of aldehydes is 1. The molecule has 3 heteroatoms. The first-order chi connectivity index (χ1) is 6.65. The van der Waals surface area contributed by atoms with Gasteiger partial charge in [0.1, 0.15) is 6.29 Å². The Balaban J connectivity index is 2.70. The molecule has 2 rings (SSSR count). The maximum Gasteiger partial charge on any atom is 0.144 e. The zero-order valence-corrected chi connectivity index (χ0v) is 8.67. The SMILES string of the molecule is C[C@](N)(C=O)c1csc2ccccc12. The normalized spacial score (nSPS) is 15.3. The van der Waals surface area contributed by atoms with Crippen LogP contribution in [0.5, 0.6) is 0 Å². The van der Waals surface area contributed by atoms with Crippen LogP contribution < -0.4 is 5.73 Å². The minimum absolute atomic E-state index is 0.793. The quantitative estimate of drug-likeness (QED) is 0.764. The number of hydrogen-bond acceptors (Lipinski definition) is 3. The maximum atomic E-state index is 10.8. The van der Waals surface area contributed by atoms with Crippen LogP contribution in [-0.2, 0) is 10.3 Å². The van der Waals surface area contributed by atoms with E-state index in [0.717, 1.165) is 17.2 Å². The summed E-state index contributed by atoms with van der Waals surface area (Å²) in [6.45, 7) is 1.73. The van der Waals surface area contributed by atoms with Crippen LogP contribution in [0.1, 0.15) is 12.5 Å². The molecule has 0 fully saturated rings. The van der Waals surface area contributed by atoms with Gasteiger partial charge in [0.15, 0.2) is 0 Å². The van der Waals surface area contributed by atoms with Gasteiger partial charge in [-0.25, -0.2) is 0 Å². The average Bonchev–Trinajstić information content (AvgIpc) is 2.61. The van der Waals surface area contributed by atoms with Crippen molar-refractivity contribution in [3.8, 4) is 0 Å². The van der Waals surface area contributed by atoms with Crippen molar-refractivity contribution in [3.05, 3.63) is 35.2 Å². The van der Waals surface area contributed by atoms with Crippen LogP contribution in [-0.4, -0.2) is 6.29 Å². The van der Waals surface area contributed by atoms with Gasteiger partial charge in [-0.1, -0.05) is 18.2 Å². The summed E-state index contributed by atoms with van der Waals surface area (Å²) in [5.74, 6) is 0. The smallest absolute Gasteiger partial charge is 0.144 e. The minimum atomic E-state index is -0.875. The van der Waals surface area contributed by atoms with Crippen LogP contribution in [0, 0.1) is 0 Å². The van der Waals surface area contributed by atoms with Crippen molar-refractivity contribution in [2.75, 3.05) is 0 Å². The Morgan fingerprint density at radius 2 is 2.14 bits per heavy atom. The Morgan fingerprint density at radius 3 is 2.86 bits per heavy atom. The summed E-state index contributed by atoms with van der Waals surface area (Å²) in [6, 6.07) is 7.97. The predicted octanol–water partition coefficient (Wildman–Crippen LogP) is 2.27. The zero-order chi connectivity index (χ0) is 10.2. The van der Waals surface area contributed by atoms with Crippen LogP contribution in [0.4, 0.5) is 0 Å². The van der Waals surface area contributed by atoms with Crippen LogP contribution in [0.3, 0.4) is 0 Å². The highest BCUT2D eigenvalue weighted by Crippen LogP contribution is 2.31. The Labute approximate surface area is 86.3 Å². The Hall–Kier alpha value is -1.19. The molecule has 1 atom stereocenters. The Morgan fingerprint density at radius 1 is 1.43 bits per heavy atom. The summed E-state index contributed by atoms with van der Waals surface area (Å²) in [5.41, 5.74) is 5.92. The van der Waals surface area contributed by atoms with Crippen molar-refractivity contribution in [2.24, 2.45) is 5.73 Å². The summed E-state index contributed by atoms with van der Waals surface area (Å²) in [6.07, 6.45) is 0.793. The molecule has 1 heterocycles. The lowest BCUT2D eigenvalue weighted by molar-refractivity contribution is -0.111. The molecule has 14 heavy (non-hydrogen) atoms. The minimum Gasteiger partial charge on any atom is -0.316 e. The van der Waals surface area contributed by atoms with Crippen molar-refractivity contribution in [3.63, 3.8) is 0 Å². The number of thiophene rings is 1. The van der Waals surface area contributed by atoms with E-state index in [0.29, 0.717) is 0 Å². The molecule has 1 aromatic carbocycles. The standard InChI is InChI=1S/C11H11NOS/c1-11(12,7-13)9-6-14-10-5-3-2-4-8(9)10/h2-7H,12H2,1H3/t11-/m0/s1. The molecular weight excluding hydrogens is 194 g/mol. The number of nitrogens with two attached hydrogens (primary N) is 1. The van der Waals surface area contributed by atoms with Crippen LogP contribution in [0.25, 0.3) is 10.1 Å². The summed E-state index contributed by atoms with van der Waals surface area (Å²) < 4.78 is 1.17. The fourth-order valence-corrected chi connectivity index (χ4v) is 2.55. The van der Waals surface area contributed by atoms with E-state index >= 15 is 0 Å². The first kappa shape index (κ1) is 9.37. The van der Waals surface area contributed by atoms with Gasteiger partial charge in [-0.2, -0.15) is 0 Å². The monoisotopic (exact) mass is 205 g/mol. The lowest BCUT2D eigenvalue weighted by atomic mass is 9.95. The number of fused-ring (bicyclic) bond motifs is 1. The topological polar surface area (TPSA) is 43.1 Å². The summed E-state index contributed by atoms with van der Waals surface area (Å²) in [4.78, 5) is 10.8. The lowest BCUT2D eigenvalue weighted by Crippen LogP contribution is -2.34. The van der Waals surface area contributed by atoms with E-state index in [1.54, 1.807) is 18.3 Å². The van der Waals surface area contributed by atoms with Crippen LogP contribution in [0.15, 0.2) is 29.6 Å². The molecule has 0 aliphatic heterocycles. The van der Waals surface area contributed by atoms with E-state index < -0.39 is 5.54 Å². The number of hydrogen-bond donors (Lipinski definition) is 1. The van der Waals surface area contributed by atoms with E-state index in [4.69, 9.17) is 5.73 Å². The number of carbonyl (C=O) groups is 1. The second kappa shape index (κ2) is 3.19. The first-order valence-corrected chi connectivity index (χ1v) is 5.25. The second-order valence-corrected chi connectivity index (χ2v) is 4.46. The maximum absolute atomic E-state index is 10.8. The molecule has 0 saturated carbocycles. The van der Waals surface area contributed by atoms with Gasteiger partial charge in [-0.15, -0.1) is 11.3 Å². The van der Waals surface area contributed by atoms with Gasteiger partial charge in [-0.3, -0.25) is 0 Å². The molecule has 2 N–H and O–H groups in total. The highest BCUT2D eigenvalue weighted by Gasteiger charge is 2.23. The molecule has 0 bridgehead atoms. The van der Waals surface area contributed by atoms with Gasteiger partial charge < -0.3 is 10.5 Å². The molecule has 0 spiro atoms. The van der Waals surface area contributed by atoms with Gasteiger partial charge in [0.2, 0.25) is 0 Å². The Kier molecular flexibility index (Phi) is 2.13. The highest BCUT2D eigenvalue weighted by molar-refractivity contribution is 7.17. The van der Waals surface area contributed by atoms with Crippen LogP contribution >= 0.6 is 11.3 Å². The van der Waals surface area contributed by atoms with E-state index in [9.17, 15) is 4.79 Å². The van der Waals surface area contributed by atoms with E-state index in [-0.39, 0.29) is 0 Å². The molecule has 0 unspecified atom stereocenters. The largest absolute Gasteiger partial charge is 0.316 e. The average molecular weight is 205 g/mol. The van der Waals surface area contributed by atoms with E-state index in [1.165, 1.54) is 4.70 Å². The van der Waals surface area contributed by atoms with Crippen molar-refractivity contribution in [1.29, 1.82) is 0 Å². The van der Waals surface area contributed by atoms with E-state index in [1.807, 2.05) is 29.6 Å². The fourth-order valence-electron chi connectivity index (χ4n) is 1.46. The van der Waals surface area contributed by atoms with Gasteiger partial charge >= 0.3 is 0 Å². The molecule has 72 valence electrons. The molecule has 0 saturated heterocycles. The molecule has 0 aliphatic carbocycles.